The summed E-state index contributed by atoms with van der Waals surface area (Å²) in [6.07, 6.45) is 0.229. The van der Waals surface area contributed by atoms with Gasteiger partial charge in [0.05, 0.1) is 25.7 Å². The van der Waals surface area contributed by atoms with E-state index in [0.29, 0.717) is 10.8 Å². The average Bonchev–Trinajstić information content (AvgIpc) is 2.64. The number of carbonyl (C=O) groups excluding carboxylic acids is 1. The van der Waals surface area contributed by atoms with Gasteiger partial charge in [0.2, 0.25) is 0 Å². The van der Waals surface area contributed by atoms with Gasteiger partial charge in [-0.1, -0.05) is 11.6 Å². The molecule has 0 unspecified atom stereocenters. The van der Waals surface area contributed by atoms with Crippen molar-refractivity contribution in [1.82, 2.24) is 4.98 Å². The Bertz CT molecular complexity index is 604. The molecule has 0 saturated heterocycles. The summed E-state index contributed by atoms with van der Waals surface area (Å²) < 4.78 is 9.88. The van der Waals surface area contributed by atoms with E-state index in [1.807, 2.05) is 13.0 Å². The second-order valence-electron chi connectivity index (χ2n) is 4.01. The number of aryl methyl sites for hydroxylation is 1. The van der Waals surface area contributed by atoms with Crippen molar-refractivity contribution in [2.45, 2.75) is 13.3 Å². The third kappa shape index (κ3) is 2.16. The van der Waals surface area contributed by atoms with Gasteiger partial charge in [0.1, 0.15) is 5.75 Å². The molecule has 1 aromatic carbocycles. The van der Waals surface area contributed by atoms with Gasteiger partial charge in [0.25, 0.3) is 0 Å². The molecule has 1 aromatic heterocycles. The molecule has 2 rings (SSSR count). The molecule has 5 heteroatoms. The molecular formula is C13H14ClNO3. The Hall–Kier alpha value is -1.68. The molecule has 0 radical (unpaired) electrons. The van der Waals surface area contributed by atoms with Crippen molar-refractivity contribution >= 4 is 28.5 Å². The Morgan fingerprint density at radius 3 is 2.72 bits per heavy atom. The lowest BCUT2D eigenvalue weighted by Gasteiger charge is -2.04. The van der Waals surface area contributed by atoms with Gasteiger partial charge in [-0.15, -0.1) is 0 Å². The largest absolute Gasteiger partial charge is 0.495 e. The van der Waals surface area contributed by atoms with Gasteiger partial charge in [0.15, 0.2) is 0 Å². The Kier molecular flexibility index (Phi) is 3.48. The number of ether oxygens (including phenoxy) is 2. The number of esters is 1. The molecular weight excluding hydrogens is 254 g/mol. The number of benzene rings is 1. The van der Waals surface area contributed by atoms with E-state index in [-0.39, 0.29) is 12.4 Å². The van der Waals surface area contributed by atoms with Crippen LogP contribution in [0.25, 0.3) is 10.9 Å². The summed E-state index contributed by atoms with van der Waals surface area (Å²) >= 11 is 6.06. The first-order chi connectivity index (χ1) is 8.56. The summed E-state index contributed by atoms with van der Waals surface area (Å²) in [7, 11) is 2.94. The van der Waals surface area contributed by atoms with E-state index < -0.39 is 0 Å². The van der Waals surface area contributed by atoms with Crippen molar-refractivity contribution < 1.29 is 14.3 Å². The monoisotopic (exact) mass is 267 g/mol. The molecule has 0 aliphatic heterocycles. The van der Waals surface area contributed by atoms with Crippen LogP contribution in [-0.4, -0.2) is 25.2 Å². The molecule has 18 heavy (non-hydrogen) atoms. The highest BCUT2D eigenvalue weighted by Gasteiger charge is 2.15. The number of carbonyl (C=O) groups is 1. The van der Waals surface area contributed by atoms with Crippen LogP contribution in [0.3, 0.4) is 0 Å². The Morgan fingerprint density at radius 2 is 2.11 bits per heavy atom. The van der Waals surface area contributed by atoms with Crippen molar-refractivity contribution in [3.63, 3.8) is 0 Å². The zero-order chi connectivity index (χ0) is 13.3. The maximum Gasteiger partial charge on any atom is 0.310 e. The zero-order valence-corrected chi connectivity index (χ0v) is 11.2. The molecule has 0 amide bonds. The normalized spacial score (nSPS) is 10.7. The minimum atomic E-state index is -0.270. The van der Waals surface area contributed by atoms with E-state index in [0.717, 1.165) is 22.2 Å². The molecule has 0 bridgehead atoms. The molecule has 0 aliphatic rings. The number of aromatic amines is 1. The van der Waals surface area contributed by atoms with Crippen LogP contribution in [0.2, 0.25) is 5.02 Å². The number of halogens is 1. The van der Waals surface area contributed by atoms with Gasteiger partial charge in [-0.05, 0) is 24.6 Å². The van der Waals surface area contributed by atoms with Crippen LogP contribution < -0.4 is 4.74 Å². The number of hydrogen-bond acceptors (Lipinski definition) is 3. The quantitative estimate of drug-likeness (QED) is 0.870. The standard InChI is InChI=1S/C13H14ClNO3/c1-7-8(5-13(16)18-3)9-4-12(17-2)10(14)6-11(9)15-7/h4,6,15H,5H2,1-3H3. The molecule has 2 aromatic rings. The van der Waals surface area contributed by atoms with E-state index in [1.54, 1.807) is 13.2 Å². The van der Waals surface area contributed by atoms with Gasteiger partial charge in [0, 0.05) is 16.6 Å². The lowest BCUT2D eigenvalue weighted by atomic mass is 10.1. The maximum atomic E-state index is 11.4. The van der Waals surface area contributed by atoms with E-state index in [9.17, 15) is 4.79 Å². The predicted octanol–water partition coefficient (Wildman–Crippen LogP) is 2.85. The predicted molar refractivity (Wildman–Crippen MR) is 70.3 cm³/mol. The fraction of sp³-hybridized carbons (Fsp3) is 0.308. The summed E-state index contributed by atoms with van der Waals surface area (Å²) in [6, 6.07) is 3.63. The number of fused-ring (bicyclic) bond motifs is 1. The Balaban J connectivity index is 2.58. The minimum Gasteiger partial charge on any atom is -0.495 e. The summed E-state index contributed by atoms with van der Waals surface area (Å²) in [6.45, 7) is 1.92. The fourth-order valence-corrected chi connectivity index (χ4v) is 2.23. The zero-order valence-electron chi connectivity index (χ0n) is 10.5. The van der Waals surface area contributed by atoms with Gasteiger partial charge in [-0.3, -0.25) is 4.79 Å². The lowest BCUT2D eigenvalue weighted by Crippen LogP contribution is -2.05. The summed E-state index contributed by atoms with van der Waals surface area (Å²) in [4.78, 5) is 14.6. The third-order valence-corrected chi connectivity index (χ3v) is 3.24. The summed E-state index contributed by atoms with van der Waals surface area (Å²) in [5.74, 6) is 0.321. The minimum absolute atomic E-state index is 0.229. The average molecular weight is 268 g/mol. The van der Waals surface area contributed by atoms with E-state index >= 15 is 0 Å². The van der Waals surface area contributed by atoms with E-state index in [4.69, 9.17) is 21.1 Å². The topological polar surface area (TPSA) is 51.3 Å². The number of H-pyrrole nitrogens is 1. The molecule has 0 spiro atoms. The molecule has 0 fully saturated rings. The number of rotatable bonds is 3. The van der Waals surface area contributed by atoms with E-state index in [2.05, 4.69) is 4.98 Å². The summed E-state index contributed by atoms with van der Waals surface area (Å²) in [5.41, 5.74) is 2.73. The van der Waals surface area contributed by atoms with Crippen LogP contribution in [0.1, 0.15) is 11.3 Å². The molecule has 1 N–H and O–H groups in total. The van der Waals surface area contributed by atoms with Crippen LogP contribution >= 0.6 is 11.6 Å². The molecule has 1 heterocycles. The van der Waals surface area contributed by atoms with Crippen molar-refractivity contribution in [3.05, 3.63) is 28.4 Å². The number of methoxy groups -OCH3 is 2. The summed E-state index contributed by atoms with van der Waals surface area (Å²) in [5, 5.41) is 1.47. The van der Waals surface area contributed by atoms with Crippen molar-refractivity contribution in [2.75, 3.05) is 14.2 Å². The number of aromatic nitrogens is 1. The van der Waals surface area contributed by atoms with Crippen LogP contribution in [0.5, 0.6) is 5.75 Å². The first kappa shape index (κ1) is 12.8. The van der Waals surface area contributed by atoms with Crippen molar-refractivity contribution in [2.24, 2.45) is 0 Å². The highest BCUT2D eigenvalue weighted by atomic mass is 35.5. The highest BCUT2D eigenvalue weighted by Crippen LogP contribution is 2.32. The SMILES string of the molecule is COC(=O)Cc1c(C)[nH]c2cc(Cl)c(OC)cc12. The lowest BCUT2D eigenvalue weighted by molar-refractivity contribution is -0.139. The highest BCUT2D eigenvalue weighted by molar-refractivity contribution is 6.32. The Morgan fingerprint density at radius 1 is 1.39 bits per heavy atom. The number of nitrogens with one attached hydrogen (secondary N) is 1. The fourth-order valence-electron chi connectivity index (χ4n) is 1.99. The smallest absolute Gasteiger partial charge is 0.310 e. The second-order valence-corrected chi connectivity index (χ2v) is 4.42. The van der Waals surface area contributed by atoms with E-state index in [1.165, 1.54) is 7.11 Å². The van der Waals surface area contributed by atoms with Gasteiger partial charge in [-0.2, -0.15) is 0 Å². The molecule has 4 nitrogen and oxygen atoms in total. The number of hydrogen-bond donors (Lipinski definition) is 1. The van der Waals surface area contributed by atoms with Gasteiger partial charge in [-0.25, -0.2) is 0 Å². The second kappa shape index (κ2) is 4.90. The van der Waals surface area contributed by atoms with Crippen LogP contribution in [0, 0.1) is 6.92 Å². The molecule has 96 valence electrons. The van der Waals surface area contributed by atoms with Crippen LogP contribution in [0.15, 0.2) is 12.1 Å². The Labute approximate surface area is 110 Å². The van der Waals surface area contributed by atoms with Crippen LogP contribution in [0.4, 0.5) is 0 Å². The third-order valence-electron chi connectivity index (χ3n) is 2.94. The molecule has 0 atom stereocenters. The van der Waals surface area contributed by atoms with Gasteiger partial charge >= 0.3 is 5.97 Å². The van der Waals surface area contributed by atoms with Gasteiger partial charge < -0.3 is 14.5 Å². The maximum absolute atomic E-state index is 11.4. The van der Waals surface area contributed by atoms with Crippen molar-refractivity contribution in [3.8, 4) is 5.75 Å². The molecule has 0 saturated carbocycles. The first-order valence-corrected chi connectivity index (χ1v) is 5.86. The van der Waals surface area contributed by atoms with Crippen LogP contribution in [-0.2, 0) is 16.0 Å². The first-order valence-electron chi connectivity index (χ1n) is 5.48. The van der Waals surface area contributed by atoms with Crippen molar-refractivity contribution in [1.29, 1.82) is 0 Å². The molecule has 0 aliphatic carbocycles.